The number of aryl methyl sites for hydroxylation is 1. The van der Waals surface area contributed by atoms with Gasteiger partial charge in [-0.25, -0.2) is 4.98 Å². The number of hydrogen-bond acceptors (Lipinski definition) is 4. The zero-order valence-corrected chi connectivity index (χ0v) is 16.6. The molecule has 26 heavy (non-hydrogen) atoms. The Kier molecular flexibility index (Phi) is 7.26. The summed E-state index contributed by atoms with van der Waals surface area (Å²) in [5, 5.41) is 0.760. The predicted molar refractivity (Wildman–Crippen MR) is 105 cm³/mol. The minimum Gasteiger partial charge on any atom is -0.342 e. The van der Waals surface area contributed by atoms with Gasteiger partial charge in [0.25, 0.3) is 0 Å². The SMILES string of the molecule is CCN(CC)C(=O)CN(C)C(=O)CSc1nccn1-c1ccccc1C. The molecule has 0 N–H and O–H groups in total. The molecule has 0 aliphatic carbocycles. The first-order chi connectivity index (χ1) is 12.5. The van der Waals surface area contributed by atoms with Crippen molar-refractivity contribution in [3.63, 3.8) is 0 Å². The molecule has 0 spiro atoms. The van der Waals surface area contributed by atoms with Gasteiger partial charge >= 0.3 is 0 Å². The highest BCUT2D eigenvalue weighted by atomic mass is 32.2. The zero-order valence-electron chi connectivity index (χ0n) is 15.8. The monoisotopic (exact) mass is 374 g/mol. The molecule has 2 rings (SSSR count). The number of amides is 2. The van der Waals surface area contributed by atoms with Crippen molar-refractivity contribution >= 4 is 23.6 Å². The standard InChI is InChI=1S/C19H26N4O2S/c1-5-22(6-2)17(24)13-21(4)18(25)14-26-19-20-11-12-23(19)16-10-8-7-9-15(16)3/h7-12H,5-6,13-14H2,1-4H3. The van der Waals surface area contributed by atoms with Crippen LogP contribution < -0.4 is 0 Å². The first-order valence-corrected chi connectivity index (χ1v) is 9.70. The summed E-state index contributed by atoms with van der Waals surface area (Å²) in [7, 11) is 1.66. The molecule has 1 aromatic carbocycles. The van der Waals surface area contributed by atoms with Gasteiger partial charge in [0.2, 0.25) is 11.8 Å². The molecular formula is C19H26N4O2S. The molecule has 140 valence electrons. The van der Waals surface area contributed by atoms with Crippen molar-refractivity contribution in [3.05, 3.63) is 42.2 Å². The maximum atomic E-state index is 12.4. The number of likely N-dealkylation sites (N-methyl/N-ethyl adjacent to an activating group) is 2. The van der Waals surface area contributed by atoms with Crippen molar-refractivity contribution in [2.75, 3.05) is 32.4 Å². The lowest BCUT2D eigenvalue weighted by molar-refractivity contribution is -0.137. The zero-order chi connectivity index (χ0) is 19.1. The predicted octanol–water partition coefficient (Wildman–Crippen LogP) is 2.60. The van der Waals surface area contributed by atoms with Gasteiger partial charge in [0.05, 0.1) is 18.0 Å². The summed E-state index contributed by atoms with van der Waals surface area (Å²) in [6.07, 6.45) is 3.62. The molecule has 1 heterocycles. The van der Waals surface area contributed by atoms with Crippen molar-refractivity contribution in [1.29, 1.82) is 0 Å². The van der Waals surface area contributed by atoms with Gasteiger partial charge < -0.3 is 9.80 Å². The molecule has 1 aromatic heterocycles. The van der Waals surface area contributed by atoms with Crippen molar-refractivity contribution in [1.82, 2.24) is 19.4 Å². The Balaban J connectivity index is 1.97. The molecule has 0 bridgehead atoms. The number of nitrogens with zero attached hydrogens (tertiary/aromatic N) is 4. The summed E-state index contributed by atoms with van der Waals surface area (Å²) in [5.74, 6) is 0.123. The van der Waals surface area contributed by atoms with Crippen LogP contribution in [0.15, 0.2) is 41.8 Å². The molecule has 2 aromatic rings. The van der Waals surface area contributed by atoms with Crippen LogP contribution >= 0.6 is 11.8 Å². The van der Waals surface area contributed by atoms with Crippen LogP contribution in [0.1, 0.15) is 19.4 Å². The number of imidazole rings is 1. The molecular weight excluding hydrogens is 348 g/mol. The highest BCUT2D eigenvalue weighted by molar-refractivity contribution is 7.99. The second-order valence-electron chi connectivity index (χ2n) is 5.97. The lowest BCUT2D eigenvalue weighted by Gasteiger charge is -2.23. The van der Waals surface area contributed by atoms with E-state index in [1.54, 1.807) is 18.1 Å². The first kappa shape index (κ1) is 20.0. The normalized spacial score (nSPS) is 10.6. The molecule has 2 amide bonds. The van der Waals surface area contributed by atoms with Crippen LogP contribution in [0.4, 0.5) is 0 Å². The fraction of sp³-hybridized carbons (Fsp3) is 0.421. The van der Waals surface area contributed by atoms with Crippen LogP contribution in [0.2, 0.25) is 0 Å². The number of hydrogen-bond donors (Lipinski definition) is 0. The van der Waals surface area contributed by atoms with Gasteiger partial charge in [-0.1, -0.05) is 30.0 Å². The smallest absolute Gasteiger partial charge is 0.242 e. The van der Waals surface area contributed by atoms with E-state index in [0.29, 0.717) is 13.1 Å². The largest absolute Gasteiger partial charge is 0.342 e. The van der Waals surface area contributed by atoms with E-state index < -0.39 is 0 Å². The Morgan fingerprint density at radius 1 is 1.15 bits per heavy atom. The van der Waals surface area contributed by atoms with Crippen LogP contribution in [0.3, 0.4) is 0 Å². The quantitative estimate of drug-likeness (QED) is 0.667. The molecule has 0 unspecified atom stereocenters. The Bertz CT molecular complexity index is 756. The summed E-state index contributed by atoms with van der Waals surface area (Å²) in [4.78, 5) is 32.1. The lowest BCUT2D eigenvalue weighted by atomic mass is 10.2. The van der Waals surface area contributed by atoms with E-state index in [2.05, 4.69) is 4.98 Å². The summed E-state index contributed by atoms with van der Waals surface area (Å²) in [6, 6.07) is 8.04. The topological polar surface area (TPSA) is 58.4 Å². The molecule has 7 heteroatoms. The molecule has 0 fully saturated rings. The Hall–Kier alpha value is -2.28. The Morgan fingerprint density at radius 2 is 1.85 bits per heavy atom. The van der Waals surface area contributed by atoms with Crippen molar-refractivity contribution in [3.8, 4) is 5.69 Å². The molecule has 0 atom stereocenters. The van der Waals surface area contributed by atoms with Crippen LogP contribution in [0.5, 0.6) is 0 Å². The van der Waals surface area contributed by atoms with Gasteiger partial charge in [-0.3, -0.25) is 14.2 Å². The summed E-state index contributed by atoms with van der Waals surface area (Å²) in [6.45, 7) is 7.32. The van der Waals surface area contributed by atoms with Crippen LogP contribution in [-0.4, -0.2) is 63.6 Å². The van der Waals surface area contributed by atoms with Crippen molar-refractivity contribution < 1.29 is 9.59 Å². The number of thioether (sulfide) groups is 1. The van der Waals surface area contributed by atoms with Gasteiger partial charge in [0.1, 0.15) is 0 Å². The van der Waals surface area contributed by atoms with E-state index in [1.807, 2.05) is 55.8 Å². The lowest BCUT2D eigenvalue weighted by Crippen LogP contribution is -2.41. The van der Waals surface area contributed by atoms with E-state index in [0.717, 1.165) is 16.4 Å². The van der Waals surface area contributed by atoms with Gasteiger partial charge in [-0.2, -0.15) is 0 Å². The first-order valence-electron chi connectivity index (χ1n) is 8.71. The van der Waals surface area contributed by atoms with Gasteiger partial charge in [-0.15, -0.1) is 0 Å². The second-order valence-corrected chi connectivity index (χ2v) is 6.91. The number of carbonyl (C=O) groups is 2. The minimum atomic E-state index is -0.0881. The number of carbonyl (C=O) groups excluding carboxylic acids is 2. The Labute approximate surface area is 159 Å². The molecule has 6 nitrogen and oxygen atoms in total. The van der Waals surface area contributed by atoms with Crippen LogP contribution in [0.25, 0.3) is 5.69 Å². The van der Waals surface area contributed by atoms with Gasteiger partial charge in [0, 0.05) is 32.5 Å². The molecule has 0 saturated heterocycles. The third-order valence-electron chi connectivity index (χ3n) is 4.22. The minimum absolute atomic E-state index is 0.0303. The van der Waals surface area contributed by atoms with E-state index in [-0.39, 0.29) is 24.1 Å². The Morgan fingerprint density at radius 3 is 2.50 bits per heavy atom. The number of aromatic nitrogens is 2. The molecule has 0 radical (unpaired) electrons. The summed E-state index contributed by atoms with van der Waals surface area (Å²) < 4.78 is 1.98. The van der Waals surface area contributed by atoms with Gasteiger partial charge in [0.15, 0.2) is 5.16 Å². The van der Waals surface area contributed by atoms with Crippen LogP contribution in [0, 0.1) is 6.92 Å². The third kappa shape index (κ3) is 4.88. The highest BCUT2D eigenvalue weighted by Gasteiger charge is 2.17. The van der Waals surface area contributed by atoms with Gasteiger partial charge in [-0.05, 0) is 32.4 Å². The maximum absolute atomic E-state index is 12.4. The van der Waals surface area contributed by atoms with E-state index in [1.165, 1.54) is 16.7 Å². The molecule has 0 aliphatic heterocycles. The number of benzene rings is 1. The summed E-state index contributed by atoms with van der Waals surface area (Å²) >= 11 is 1.38. The number of para-hydroxylation sites is 1. The van der Waals surface area contributed by atoms with E-state index in [4.69, 9.17) is 0 Å². The summed E-state index contributed by atoms with van der Waals surface area (Å²) in [5.41, 5.74) is 2.19. The van der Waals surface area contributed by atoms with Crippen molar-refractivity contribution in [2.45, 2.75) is 25.9 Å². The second kappa shape index (κ2) is 9.43. The molecule has 0 saturated carbocycles. The van der Waals surface area contributed by atoms with Crippen LogP contribution in [-0.2, 0) is 9.59 Å². The fourth-order valence-corrected chi connectivity index (χ4v) is 3.52. The average Bonchev–Trinajstić information content (AvgIpc) is 3.09. The fourth-order valence-electron chi connectivity index (χ4n) is 2.62. The van der Waals surface area contributed by atoms with E-state index >= 15 is 0 Å². The molecule has 0 aliphatic rings. The average molecular weight is 375 g/mol. The van der Waals surface area contributed by atoms with Crippen molar-refractivity contribution in [2.24, 2.45) is 0 Å². The third-order valence-corrected chi connectivity index (χ3v) is 5.17. The van der Waals surface area contributed by atoms with E-state index in [9.17, 15) is 9.59 Å². The maximum Gasteiger partial charge on any atom is 0.242 e. The number of rotatable bonds is 8. The highest BCUT2D eigenvalue weighted by Crippen LogP contribution is 2.22.